The van der Waals surface area contributed by atoms with Crippen LogP contribution in [-0.4, -0.2) is 82.0 Å². The molecule has 0 aromatic heterocycles. The topological polar surface area (TPSA) is 124 Å². The summed E-state index contributed by atoms with van der Waals surface area (Å²) in [4.78, 5) is 22.3. The molecule has 4 aliphatic rings. The minimum absolute atomic E-state index is 0. The summed E-state index contributed by atoms with van der Waals surface area (Å²) >= 11 is 0. The van der Waals surface area contributed by atoms with Gasteiger partial charge in [0.1, 0.15) is 5.78 Å². The molecule has 2 atom stereocenters. The number of benzene rings is 4. The summed E-state index contributed by atoms with van der Waals surface area (Å²) in [6, 6.07) is 26.5. The largest absolute Gasteiger partial charge is 1.00 e. The van der Waals surface area contributed by atoms with Crippen LogP contribution in [0.1, 0.15) is 81.3 Å². The van der Waals surface area contributed by atoms with Crippen molar-refractivity contribution in [2.24, 2.45) is 5.73 Å². The van der Waals surface area contributed by atoms with Crippen molar-refractivity contribution in [1.29, 1.82) is 0 Å². The van der Waals surface area contributed by atoms with Crippen molar-refractivity contribution in [1.82, 2.24) is 4.90 Å². The Balaban J connectivity index is 0.000000253. The van der Waals surface area contributed by atoms with E-state index in [9.17, 15) is 15.0 Å². The van der Waals surface area contributed by atoms with E-state index in [0.717, 1.165) is 69.8 Å². The molecule has 0 unspecified atom stereocenters. The number of nitrogens with two attached hydrogens (primary N) is 1. The maximum absolute atomic E-state index is 10.9. The summed E-state index contributed by atoms with van der Waals surface area (Å²) in [6.07, 6.45) is 4.51. The van der Waals surface area contributed by atoms with Gasteiger partial charge in [-0.2, -0.15) is 0 Å². The summed E-state index contributed by atoms with van der Waals surface area (Å²) < 4.78 is 1.09. The molecular weight excluding hydrogens is 765 g/mol. The standard InChI is InChI=1S/C17H19NO2.C12H11N.C8H16NO.C2H4O2.CH4.ClH.HI/c19-17(20)7-9-18(10-8-17)15-11-13-5-1-3-12-4-2-6-14(15)16(12)13;13-11-7-9-5-1-3-8-4-2-6-10(11)12(8)9;1-3-9(2)6-4-8(10)5-7-9;1-2(3)4;;;/h1-6,15,19-20H,7-11H2;1-6,11H,7,13H2;3-7H2,1-2H3;1H3,(H,3,4);1H4;2*1H/q;;+1;;;;/p-1/t15-;11-;;;;;/m11...../s1. The Morgan fingerprint density at radius 1 is 0.860 bits per heavy atom. The highest BCUT2D eigenvalue weighted by Gasteiger charge is 2.36. The number of aliphatic hydroxyl groups is 2. The first kappa shape index (κ1) is 43.5. The van der Waals surface area contributed by atoms with E-state index in [0.29, 0.717) is 24.7 Å². The van der Waals surface area contributed by atoms with Gasteiger partial charge < -0.3 is 49.5 Å². The summed E-state index contributed by atoms with van der Waals surface area (Å²) in [5, 5.41) is 32.2. The number of carboxylic acid groups (broad SMARTS) is 1. The fourth-order valence-electron chi connectivity index (χ4n) is 7.35. The first-order valence-corrected chi connectivity index (χ1v) is 16.9. The number of aliphatic carboxylic acids is 1. The van der Waals surface area contributed by atoms with Crippen LogP contribution >= 0.6 is 12.4 Å². The molecule has 2 aliphatic carbocycles. The second-order valence-electron chi connectivity index (χ2n) is 13.7. The van der Waals surface area contributed by atoms with Gasteiger partial charge in [-0.1, -0.05) is 80.2 Å². The van der Waals surface area contributed by atoms with Gasteiger partial charge in [-0.15, -0.1) is 12.4 Å². The van der Waals surface area contributed by atoms with Crippen molar-refractivity contribution in [2.75, 3.05) is 39.8 Å². The van der Waals surface area contributed by atoms with E-state index in [1.165, 1.54) is 43.8 Å². The molecule has 0 radical (unpaired) electrons. The molecule has 2 saturated heterocycles. The molecule has 2 heterocycles. The number of piperidine rings is 2. The lowest BCUT2D eigenvalue weighted by atomic mass is 9.99. The minimum atomic E-state index is -1.46. The zero-order valence-electron chi connectivity index (χ0n) is 28.8. The molecule has 4 aromatic rings. The quantitative estimate of drug-likeness (QED) is 0.139. The van der Waals surface area contributed by atoms with Crippen LogP contribution in [0.15, 0.2) is 72.8 Å². The van der Waals surface area contributed by atoms with E-state index in [1.54, 1.807) is 0 Å². The van der Waals surface area contributed by atoms with E-state index in [-0.39, 0.29) is 49.9 Å². The number of nitrogens with zero attached hydrogens (tertiary/aromatic N) is 2. The number of halogens is 2. The first-order valence-electron chi connectivity index (χ1n) is 16.9. The highest BCUT2D eigenvalue weighted by atomic mass is 127. The summed E-state index contributed by atoms with van der Waals surface area (Å²) in [6.45, 7) is 8.04. The van der Waals surface area contributed by atoms with Crippen molar-refractivity contribution >= 4 is 45.7 Å². The molecule has 0 bridgehead atoms. The van der Waals surface area contributed by atoms with Crippen molar-refractivity contribution in [3.63, 3.8) is 0 Å². The number of Topliss-reactive ketones (excluding diaryl/α,β-unsaturated/α-hetero) is 1. The van der Waals surface area contributed by atoms with Crippen molar-refractivity contribution in [2.45, 2.75) is 77.7 Å². The second kappa shape index (κ2) is 18.7. The minimum Gasteiger partial charge on any atom is -1.00 e. The average molecular weight is 820 g/mol. The number of hydrogen-bond acceptors (Lipinski definition) is 6. The van der Waals surface area contributed by atoms with Crippen molar-refractivity contribution < 1.29 is 53.4 Å². The Hall–Kier alpha value is -2.64. The molecule has 2 fully saturated rings. The Morgan fingerprint density at radius 2 is 1.30 bits per heavy atom. The number of quaternary nitrogens is 1. The second-order valence-corrected chi connectivity index (χ2v) is 13.7. The zero-order valence-corrected chi connectivity index (χ0v) is 31.8. The van der Waals surface area contributed by atoms with Crippen LogP contribution in [-0.2, 0) is 22.4 Å². The van der Waals surface area contributed by atoms with Crippen LogP contribution in [0, 0.1) is 0 Å². The van der Waals surface area contributed by atoms with E-state index < -0.39 is 11.8 Å². The molecular formula is C40H55ClIN3O5. The molecule has 0 saturated carbocycles. The molecule has 274 valence electrons. The predicted molar refractivity (Wildman–Crippen MR) is 201 cm³/mol. The van der Waals surface area contributed by atoms with E-state index in [1.807, 2.05) is 0 Å². The van der Waals surface area contributed by atoms with Gasteiger partial charge in [-0.3, -0.25) is 14.5 Å². The molecule has 8 nitrogen and oxygen atoms in total. The lowest BCUT2D eigenvalue weighted by molar-refractivity contribution is -0.909. The highest BCUT2D eigenvalue weighted by molar-refractivity contribution is 5.92. The van der Waals surface area contributed by atoms with Gasteiger partial charge in [0.05, 0.1) is 39.5 Å². The maximum atomic E-state index is 10.9. The van der Waals surface area contributed by atoms with Crippen LogP contribution in [0.4, 0.5) is 0 Å². The van der Waals surface area contributed by atoms with Crippen molar-refractivity contribution in [3.05, 3.63) is 95.1 Å². The van der Waals surface area contributed by atoms with E-state index in [4.69, 9.17) is 15.6 Å². The number of carbonyl (C=O) groups excluding carboxylic acids is 1. The monoisotopic (exact) mass is 819 g/mol. The maximum Gasteiger partial charge on any atom is 0.300 e. The van der Waals surface area contributed by atoms with Gasteiger partial charge in [-0.25, -0.2) is 0 Å². The highest BCUT2D eigenvalue weighted by Crippen LogP contribution is 2.41. The molecule has 5 N–H and O–H groups in total. The molecule has 10 heteroatoms. The molecule has 2 aliphatic heterocycles. The van der Waals surface area contributed by atoms with Gasteiger partial charge in [0.15, 0.2) is 5.79 Å². The number of rotatable bonds is 2. The van der Waals surface area contributed by atoms with Crippen LogP contribution in [0.2, 0.25) is 0 Å². The smallest absolute Gasteiger partial charge is 0.300 e. The lowest BCUT2D eigenvalue weighted by Crippen LogP contribution is -3.00. The zero-order chi connectivity index (χ0) is 33.8. The number of carboxylic acids is 1. The lowest BCUT2D eigenvalue weighted by Gasteiger charge is -2.38. The Morgan fingerprint density at radius 3 is 1.80 bits per heavy atom. The van der Waals surface area contributed by atoms with Gasteiger partial charge in [-0.05, 0) is 63.6 Å². The van der Waals surface area contributed by atoms with Crippen molar-refractivity contribution in [3.8, 4) is 0 Å². The Bertz CT molecular complexity index is 1710. The van der Waals surface area contributed by atoms with Crippen LogP contribution < -0.4 is 29.7 Å². The van der Waals surface area contributed by atoms with Gasteiger partial charge >= 0.3 is 0 Å². The van der Waals surface area contributed by atoms with Gasteiger partial charge in [0, 0.05) is 44.9 Å². The van der Waals surface area contributed by atoms with E-state index in [2.05, 4.69) is 91.7 Å². The summed E-state index contributed by atoms with van der Waals surface area (Å²) in [5.74, 6) is -1.85. The number of likely N-dealkylation sites (tertiary alicyclic amines) is 2. The predicted octanol–water partition coefficient (Wildman–Crippen LogP) is 3.58. The molecule has 4 aromatic carbocycles. The van der Waals surface area contributed by atoms with E-state index >= 15 is 0 Å². The molecule has 0 spiro atoms. The Kier molecular flexibility index (Phi) is 16.3. The first-order chi connectivity index (χ1) is 22.4. The average Bonchev–Trinajstić information content (AvgIpc) is 3.59. The summed E-state index contributed by atoms with van der Waals surface area (Å²) in [7, 11) is 2.23. The van der Waals surface area contributed by atoms with Gasteiger partial charge in [0.2, 0.25) is 0 Å². The number of ketones is 1. The van der Waals surface area contributed by atoms with Gasteiger partial charge in [0.25, 0.3) is 5.97 Å². The SMILES string of the molecule is C.CC(=O)O.CC[N+]1(C)CCC(=O)CC1.Cl.N[C@@H]1Cc2cccc3cccc1c23.OC1(O)CCN([C@@H]2Cc3cccc4cccc2c34)CC1.[I-]. The van der Waals surface area contributed by atoms with Crippen LogP contribution in [0.3, 0.4) is 0 Å². The molecule has 8 rings (SSSR count). The third-order valence-corrected chi connectivity index (χ3v) is 10.3. The third-order valence-electron chi connectivity index (χ3n) is 10.3. The number of hydrogen-bond donors (Lipinski definition) is 4. The Labute approximate surface area is 320 Å². The normalized spacial score (nSPS) is 20.6. The van der Waals surface area contributed by atoms with Crippen LogP contribution in [0.5, 0.6) is 0 Å². The fraction of sp³-hybridized carbons (Fsp3) is 0.450. The summed E-state index contributed by atoms with van der Waals surface area (Å²) in [5.41, 5.74) is 11.6. The van der Waals surface area contributed by atoms with Crippen LogP contribution in [0.25, 0.3) is 21.5 Å². The third kappa shape index (κ3) is 10.5. The molecule has 0 amide bonds. The molecule has 50 heavy (non-hydrogen) atoms. The fourth-order valence-corrected chi connectivity index (χ4v) is 7.35. The number of carbonyl (C=O) groups is 2.